The number of nitrogens with zero attached hydrogens (tertiary/aromatic N) is 1. The van der Waals surface area contributed by atoms with Gasteiger partial charge in [-0.2, -0.15) is 0 Å². The van der Waals surface area contributed by atoms with Gasteiger partial charge in [-0.15, -0.1) is 0 Å². The zero-order chi connectivity index (χ0) is 16.1. The van der Waals surface area contributed by atoms with Gasteiger partial charge in [-0.1, -0.05) is 48.5 Å². The van der Waals surface area contributed by atoms with Gasteiger partial charge in [-0.3, -0.25) is 14.2 Å². The molecule has 1 N–H and O–H groups in total. The van der Waals surface area contributed by atoms with E-state index in [1.165, 1.54) is 4.57 Å². The van der Waals surface area contributed by atoms with Gasteiger partial charge in [0, 0.05) is 11.6 Å². The number of ether oxygens (including phenoxy) is 1. The number of carbonyl (C=O) groups is 2. The Morgan fingerprint density at radius 1 is 1.09 bits per heavy atom. The average Bonchev–Trinajstić information content (AvgIpc) is 2.95. The number of carbonyl (C=O) groups excluding carboxylic acids is 2. The van der Waals surface area contributed by atoms with E-state index in [1.807, 2.05) is 54.6 Å². The van der Waals surface area contributed by atoms with Crippen LogP contribution in [0.5, 0.6) is 0 Å². The third kappa shape index (κ3) is 3.30. The quantitative estimate of drug-likeness (QED) is 0.712. The average molecular weight is 308 g/mol. The highest BCUT2D eigenvalue weighted by Gasteiger charge is 2.13. The number of anilines is 1. The lowest BCUT2D eigenvalue weighted by molar-refractivity contribution is -0.105. The second-order valence-corrected chi connectivity index (χ2v) is 5.06. The standard InChI is InChI=1S/C18H16N2O3/c21-13-19-16-10-20(17-9-5-4-8-15(16)17)18(22)12-23-11-14-6-2-1-3-7-14/h1-10,13H,11-12H2,(H,19,21). The van der Waals surface area contributed by atoms with Gasteiger partial charge < -0.3 is 10.1 Å². The van der Waals surface area contributed by atoms with Crippen molar-refractivity contribution in [2.24, 2.45) is 0 Å². The number of para-hydroxylation sites is 1. The number of hydrogen-bond donors (Lipinski definition) is 1. The molecule has 1 heterocycles. The minimum absolute atomic E-state index is 0.0336. The van der Waals surface area contributed by atoms with Crippen molar-refractivity contribution < 1.29 is 14.3 Å². The van der Waals surface area contributed by atoms with Gasteiger partial charge in [0.15, 0.2) is 0 Å². The van der Waals surface area contributed by atoms with Crippen molar-refractivity contribution in [3.63, 3.8) is 0 Å². The predicted molar refractivity (Wildman–Crippen MR) is 88.3 cm³/mol. The summed E-state index contributed by atoms with van der Waals surface area (Å²) in [5, 5.41) is 3.43. The van der Waals surface area contributed by atoms with Crippen LogP contribution in [0.3, 0.4) is 0 Å². The molecule has 116 valence electrons. The Labute approximate surface area is 133 Å². The summed E-state index contributed by atoms with van der Waals surface area (Å²) in [7, 11) is 0. The molecule has 5 nitrogen and oxygen atoms in total. The molecular formula is C18H16N2O3. The van der Waals surface area contributed by atoms with E-state index in [0.717, 1.165) is 16.5 Å². The maximum Gasteiger partial charge on any atom is 0.257 e. The van der Waals surface area contributed by atoms with Crippen molar-refractivity contribution in [3.05, 3.63) is 66.4 Å². The fraction of sp³-hybridized carbons (Fsp3) is 0.111. The molecule has 0 aliphatic heterocycles. The van der Waals surface area contributed by atoms with Crippen molar-refractivity contribution >= 4 is 28.9 Å². The SMILES string of the molecule is O=CNc1cn(C(=O)COCc2ccccc2)c2ccccc12. The molecule has 3 aromatic rings. The molecule has 2 aromatic carbocycles. The van der Waals surface area contributed by atoms with Gasteiger partial charge in [-0.05, 0) is 11.6 Å². The number of rotatable bonds is 6. The zero-order valence-electron chi connectivity index (χ0n) is 12.4. The maximum atomic E-state index is 12.4. The minimum atomic E-state index is -0.184. The van der Waals surface area contributed by atoms with Crippen molar-refractivity contribution in [1.82, 2.24) is 4.57 Å². The maximum absolute atomic E-state index is 12.4. The Bertz CT molecular complexity index is 825. The second-order valence-electron chi connectivity index (χ2n) is 5.06. The lowest BCUT2D eigenvalue weighted by atomic mass is 10.2. The van der Waals surface area contributed by atoms with Crippen LogP contribution in [0.4, 0.5) is 5.69 Å². The smallest absolute Gasteiger partial charge is 0.257 e. The fourth-order valence-corrected chi connectivity index (χ4v) is 2.46. The van der Waals surface area contributed by atoms with Crippen LogP contribution in [0.2, 0.25) is 0 Å². The lowest BCUT2D eigenvalue weighted by Gasteiger charge is -2.05. The summed E-state index contributed by atoms with van der Waals surface area (Å²) in [6.45, 7) is 0.347. The Hall–Kier alpha value is -2.92. The van der Waals surface area contributed by atoms with E-state index >= 15 is 0 Å². The molecule has 0 aliphatic rings. The first kappa shape index (κ1) is 15.0. The molecule has 3 rings (SSSR count). The molecule has 0 unspecified atom stereocenters. The van der Waals surface area contributed by atoms with Crippen LogP contribution >= 0.6 is 0 Å². The predicted octanol–water partition coefficient (Wildman–Crippen LogP) is 3.07. The third-order valence-electron chi connectivity index (χ3n) is 3.53. The molecule has 23 heavy (non-hydrogen) atoms. The molecule has 1 aromatic heterocycles. The van der Waals surface area contributed by atoms with Crippen LogP contribution in [0.15, 0.2) is 60.8 Å². The van der Waals surface area contributed by atoms with Crippen LogP contribution < -0.4 is 5.32 Å². The van der Waals surface area contributed by atoms with Gasteiger partial charge in [-0.25, -0.2) is 0 Å². The summed E-state index contributed by atoms with van der Waals surface area (Å²) in [4.78, 5) is 23.1. The topological polar surface area (TPSA) is 60.3 Å². The number of nitrogens with one attached hydrogen (secondary N) is 1. The molecule has 0 saturated carbocycles. The fourth-order valence-electron chi connectivity index (χ4n) is 2.46. The summed E-state index contributed by atoms with van der Waals surface area (Å²) in [5.74, 6) is -0.184. The van der Waals surface area contributed by atoms with E-state index in [9.17, 15) is 9.59 Å². The molecule has 0 fully saturated rings. The molecule has 0 aliphatic carbocycles. The normalized spacial score (nSPS) is 10.6. The minimum Gasteiger partial charge on any atom is -0.367 e. The molecule has 0 spiro atoms. The van der Waals surface area contributed by atoms with E-state index in [1.54, 1.807) is 6.20 Å². The monoisotopic (exact) mass is 308 g/mol. The number of amides is 1. The van der Waals surface area contributed by atoms with Crippen LogP contribution in [-0.4, -0.2) is 23.5 Å². The summed E-state index contributed by atoms with van der Waals surface area (Å²) < 4.78 is 7.00. The number of hydrogen-bond acceptors (Lipinski definition) is 3. The number of benzene rings is 2. The molecule has 0 saturated heterocycles. The van der Waals surface area contributed by atoms with Crippen molar-refractivity contribution in [1.29, 1.82) is 0 Å². The lowest BCUT2D eigenvalue weighted by Crippen LogP contribution is -2.16. The molecular weight excluding hydrogens is 292 g/mol. The first-order valence-electron chi connectivity index (χ1n) is 7.25. The highest BCUT2D eigenvalue weighted by molar-refractivity contribution is 6.02. The van der Waals surface area contributed by atoms with Gasteiger partial charge in [0.1, 0.15) is 6.61 Å². The number of fused-ring (bicyclic) bond motifs is 1. The summed E-state index contributed by atoms with van der Waals surface area (Å²) >= 11 is 0. The Morgan fingerprint density at radius 3 is 2.61 bits per heavy atom. The second kappa shape index (κ2) is 6.89. The first-order chi connectivity index (χ1) is 11.3. The van der Waals surface area contributed by atoms with Crippen molar-refractivity contribution in [2.45, 2.75) is 6.61 Å². The van der Waals surface area contributed by atoms with E-state index in [4.69, 9.17) is 4.74 Å². The van der Waals surface area contributed by atoms with Gasteiger partial charge in [0.2, 0.25) is 6.41 Å². The summed E-state index contributed by atoms with van der Waals surface area (Å²) in [6.07, 6.45) is 2.22. The van der Waals surface area contributed by atoms with Gasteiger partial charge in [0.05, 0.1) is 17.8 Å². The summed E-state index contributed by atoms with van der Waals surface area (Å²) in [5.41, 5.74) is 2.36. The highest BCUT2D eigenvalue weighted by Crippen LogP contribution is 2.25. The van der Waals surface area contributed by atoms with Crippen LogP contribution in [0.25, 0.3) is 10.9 Å². The third-order valence-corrected chi connectivity index (χ3v) is 3.53. The molecule has 1 amide bonds. The Morgan fingerprint density at radius 2 is 1.83 bits per heavy atom. The first-order valence-corrected chi connectivity index (χ1v) is 7.25. The largest absolute Gasteiger partial charge is 0.367 e. The van der Waals surface area contributed by atoms with Crippen molar-refractivity contribution in [3.8, 4) is 0 Å². The van der Waals surface area contributed by atoms with E-state index in [2.05, 4.69) is 5.32 Å². The molecule has 0 atom stereocenters. The van der Waals surface area contributed by atoms with E-state index < -0.39 is 0 Å². The van der Waals surface area contributed by atoms with Gasteiger partial charge >= 0.3 is 0 Å². The number of aromatic nitrogens is 1. The summed E-state index contributed by atoms with van der Waals surface area (Å²) in [6, 6.07) is 17.1. The van der Waals surface area contributed by atoms with Crippen molar-refractivity contribution in [2.75, 3.05) is 11.9 Å². The van der Waals surface area contributed by atoms with E-state index in [-0.39, 0.29) is 12.5 Å². The Kier molecular flexibility index (Phi) is 4.49. The molecule has 5 heteroatoms. The van der Waals surface area contributed by atoms with E-state index in [0.29, 0.717) is 18.7 Å². The van der Waals surface area contributed by atoms with Crippen LogP contribution in [0, 0.1) is 0 Å². The van der Waals surface area contributed by atoms with Gasteiger partial charge in [0.25, 0.3) is 5.91 Å². The zero-order valence-corrected chi connectivity index (χ0v) is 12.4. The van der Waals surface area contributed by atoms with Crippen LogP contribution in [-0.2, 0) is 16.1 Å². The molecule has 0 bridgehead atoms. The molecule has 0 radical (unpaired) electrons. The Balaban J connectivity index is 1.74. The highest BCUT2D eigenvalue weighted by atomic mass is 16.5. The van der Waals surface area contributed by atoms with Crippen LogP contribution in [0.1, 0.15) is 10.4 Å².